The molecule has 0 spiro atoms. The first-order valence-corrected chi connectivity index (χ1v) is 9.27. The summed E-state index contributed by atoms with van der Waals surface area (Å²) in [6, 6.07) is 9.92. The van der Waals surface area contributed by atoms with Gasteiger partial charge in [0.05, 0.1) is 13.0 Å². The SMILES string of the molecule is CN=C(NCCC(=O)N(C)Cc1ccccc1)N1CC(C)C(C(=O)OC)C1.I. The summed E-state index contributed by atoms with van der Waals surface area (Å²) < 4.78 is 4.88. The number of ether oxygens (including phenoxy) is 1. The molecule has 1 heterocycles. The number of aliphatic imine (C=N–C) groups is 1. The van der Waals surface area contributed by atoms with Crippen LogP contribution in [-0.4, -0.2) is 68.5 Å². The molecule has 2 rings (SSSR count). The van der Waals surface area contributed by atoms with E-state index in [1.807, 2.05) is 49.2 Å². The van der Waals surface area contributed by atoms with Gasteiger partial charge < -0.3 is 19.9 Å². The number of hydrogen-bond donors (Lipinski definition) is 1. The van der Waals surface area contributed by atoms with E-state index < -0.39 is 0 Å². The predicted molar refractivity (Wildman–Crippen MR) is 121 cm³/mol. The average molecular weight is 502 g/mol. The number of halogens is 1. The van der Waals surface area contributed by atoms with Crippen molar-refractivity contribution in [1.82, 2.24) is 15.1 Å². The van der Waals surface area contributed by atoms with Gasteiger partial charge in [0, 0.05) is 46.7 Å². The fraction of sp³-hybridized carbons (Fsp3) is 0.550. The van der Waals surface area contributed by atoms with Crippen LogP contribution in [0.2, 0.25) is 0 Å². The third-order valence-corrected chi connectivity index (χ3v) is 4.94. The number of hydrogen-bond acceptors (Lipinski definition) is 4. The van der Waals surface area contributed by atoms with Crippen molar-refractivity contribution < 1.29 is 14.3 Å². The van der Waals surface area contributed by atoms with Crippen molar-refractivity contribution in [2.75, 3.05) is 40.8 Å². The molecular weight excluding hydrogens is 471 g/mol. The molecule has 1 amide bonds. The summed E-state index contributed by atoms with van der Waals surface area (Å²) in [6.45, 7) is 4.45. The van der Waals surface area contributed by atoms with Gasteiger partial charge in [0.25, 0.3) is 0 Å². The molecular formula is C20H31IN4O3. The molecule has 0 aromatic heterocycles. The van der Waals surface area contributed by atoms with E-state index in [2.05, 4.69) is 10.3 Å². The van der Waals surface area contributed by atoms with Gasteiger partial charge in [-0.1, -0.05) is 37.3 Å². The zero-order valence-corrected chi connectivity index (χ0v) is 19.4. The number of benzene rings is 1. The maximum absolute atomic E-state index is 12.3. The second kappa shape index (κ2) is 11.9. The largest absolute Gasteiger partial charge is 0.469 e. The molecule has 0 saturated carbocycles. The van der Waals surface area contributed by atoms with E-state index in [9.17, 15) is 9.59 Å². The van der Waals surface area contributed by atoms with Gasteiger partial charge in [-0.2, -0.15) is 0 Å². The standard InChI is InChI=1S/C20H30N4O3.HI/c1-15-12-24(14-17(15)19(26)27-4)20(21-2)22-11-10-18(25)23(3)13-16-8-6-5-7-9-16;/h5-9,15,17H,10-14H2,1-4H3,(H,21,22);1H. The number of carbonyl (C=O) groups excluding carboxylic acids is 2. The molecule has 28 heavy (non-hydrogen) atoms. The molecule has 1 aromatic rings. The molecule has 156 valence electrons. The van der Waals surface area contributed by atoms with Gasteiger partial charge in [-0.25, -0.2) is 0 Å². The Balaban J connectivity index is 0.00000392. The smallest absolute Gasteiger partial charge is 0.310 e. The summed E-state index contributed by atoms with van der Waals surface area (Å²) >= 11 is 0. The van der Waals surface area contributed by atoms with Crippen LogP contribution in [0.5, 0.6) is 0 Å². The van der Waals surface area contributed by atoms with Gasteiger partial charge in [0.2, 0.25) is 5.91 Å². The van der Waals surface area contributed by atoms with E-state index in [1.54, 1.807) is 11.9 Å². The Labute approximate surface area is 184 Å². The number of guanidine groups is 1. The second-order valence-corrected chi connectivity index (χ2v) is 6.97. The molecule has 0 radical (unpaired) electrons. The normalized spacial score (nSPS) is 19.0. The zero-order chi connectivity index (χ0) is 19.8. The maximum atomic E-state index is 12.3. The summed E-state index contributed by atoms with van der Waals surface area (Å²) in [5.74, 6) is 0.663. The molecule has 1 aliphatic heterocycles. The highest BCUT2D eigenvalue weighted by atomic mass is 127. The van der Waals surface area contributed by atoms with Crippen molar-refractivity contribution in [1.29, 1.82) is 0 Å². The molecule has 1 aliphatic rings. The Morgan fingerprint density at radius 2 is 1.96 bits per heavy atom. The Kier molecular flexibility index (Phi) is 10.3. The highest BCUT2D eigenvalue weighted by Gasteiger charge is 2.36. The fourth-order valence-corrected chi connectivity index (χ4v) is 3.35. The van der Waals surface area contributed by atoms with E-state index >= 15 is 0 Å². The van der Waals surface area contributed by atoms with Crippen LogP contribution < -0.4 is 5.32 Å². The summed E-state index contributed by atoms with van der Waals surface area (Å²) in [5.41, 5.74) is 1.11. The lowest BCUT2D eigenvalue weighted by molar-refractivity contribution is -0.146. The van der Waals surface area contributed by atoms with Crippen molar-refractivity contribution in [3.63, 3.8) is 0 Å². The quantitative estimate of drug-likeness (QED) is 0.279. The number of nitrogens with one attached hydrogen (secondary N) is 1. The van der Waals surface area contributed by atoms with E-state index in [4.69, 9.17) is 4.74 Å². The van der Waals surface area contributed by atoms with E-state index in [1.165, 1.54) is 7.11 Å². The average Bonchev–Trinajstić information content (AvgIpc) is 3.06. The summed E-state index contributed by atoms with van der Waals surface area (Å²) in [5, 5.41) is 3.24. The number of esters is 1. The number of likely N-dealkylation sites (tertiary alicyclic amines) is 1. The molecule has 2 atom stereocenters. The lowest BCUT2D eigenvalue weighted by Crippen LogP contribution is -2.42. The maximum Gasteiger partial charge on any atom is 0.310 e. The molecule has 7 nitrogen and oxygen atoms in total. The molecule has 0 bridgehead atoms. The lowest BCUT2D eigenvalue weighted by atomic mass is 9.99. The highest BCUT2D eigenvalue weighted by Crippen LogP contribution is 2.24. The van der Waals surface area contributed by atoms with Crippen LogP contribution in [0.4, 0.5) is 0 Å². The molecule has 1 N–H and O–H groups in total. The minimum Gasteiger partial charge on any atom is -0.469 e. The van der Waals surface area contributed by atoms with Crippen LogP contribution in [-0.2, 0) is 20.9 Å². The van der Waals surface area contributed by atoms with Crippen molar-refractivity contribution >= 4 is 41.8 Å². The first-order valence-electron chi connectivity index (χ1n) is 9.27. The molecule has 1 aromatic carbocycles. The van der Waals surface area contributed by atoms with Crippen LogP contribution in [0.3, 0.4) is 0 Å². The Bertz CT molecular complexity index is 669. The van der Waals surface area contributed by atoms with Crippen molar-refractivity contribution in [2.45, 2.75) is 19.9 Å². The Morgan fingerprint density at radius 3 is 2.57 bits per heavy atom. The topological polar surface area (TPSA) is 74.2 Å². The van der Waals surface area contributed by atoms with Crippen molar-refractivity contribution in [3.05, 3.63) is 35.9 Å². The van der Waals surface area contributed by atoms with E-state index in [0.29, 0.717) is 32.0 Å². The van der Waals surface area contributed by atoms with Crippen LogP contribution in [0, 0.1) is 11.8 Å². The number of rotatable bonds is 6. The minimum absolute atomic E-state index is 0. The first-order chi connectivity index (χ1) is 13.0. The van der Waals surface area contributed by atoms with Crippen LogP contribution in [0.25, 0.3) is 0 Å². The van der Waals surface area contributed by atoms with Gasteiger partial charge in [-0.3, -0.25) is 14.6 Å². The third-order valence-electron chi connectivity index (χ3n) is 4.94. The molecule has 1 saturated heterocycles. The van der Waals surface area contributed by atoms with Gasteiger partial charge in [0.1, 0.15) is 0 Å². The zero-order valence-electron chi connectivity index (χ0n) is 17.1. The Morgan fingerprint density at radius 1 is 1.29 bits per heavy atom. The summed E-state index contributed by atoms with van der Waals surface area (Å²) in [6.07, 6.45) is 0.381. The van der Waals surface area contributed by atoms with Gasteiger partial charge in [-0.15, -0.1) is 24.0 Å². The molecule has 0 aliphatic carbocycles. The van der Waals surface area contributed by atoms with Crippen molar-refractivity contribution in [2.24, 2.45) is 16.8 Å². The summed E-state index contributed by atoms with van der Waals surface area (Å²) in [4.78, 5) is 32.3. The predicted octanol–water partition coefficient (Wildman–Crippen LogP) is 1.97. The molecule has 2 unspecified atom stereocenters. The first kappa shape index (κ1) is 24.2. The fourth-order valence-electron chi connectivity index (χ4n) is 3.35. The van der Waals surface area contributed by atoms with E-state index in [0.717, 1.165) is 12.1 Å². The minimum atomic E-state index is -0.182. The van der Waals surface area contributed by atoms with Gasteiger partial charge in [-0.05, 0) is 11.5 Å². The van der Waals surface area contributed by atoms with Crippen LogP contribution >= 0.6 is 24.0 Å². The third kappa shape index (κ3) is 6.65. The van der Waals surface area contributed by atoms with E-state index in [-0.39, 0.29) is 47.7 Å². The monoisotopic (exact) mass is 502 g/mol. The number of carbonyl (C=O) groups is 2. The number of amides is 1. The van der Waals surface area contributed by atoms with Crippen LogP contribution in [0.15, 0.2) is 35.3 Å². The summed E-state index contributed by atoms with van der Waals surface area (Å²) in [7, 11) is 4.94. The lowest BCUT2D eigenvalue weighted by Gasteiger charge is -2.22. The second-order valence-electron chi connectivity index (χ2n) is 6.97. The Hall–Kier alpha value is -1.84. The molecule has 1 fully saturated rings. The van der Waals surface area contributed by atoms with Gasteiger partial charge >= 0.3 is 5.97 Å². The van der Waals surface area contributed by atoms with Crippen molar-refractivity contribution in [3.8, 4) is 0 Å². The van der Waals surface area contributed by atoms with Crippen LogP contribution in [0.1, 0.15) is 18.9 Å². The number of nitrogens with zero attached hydrogens (tertiary/aromatic N) is 3. The number of methoxy groups -OCH3 is 1. The highest BCUT2D eigenvalue weighted by molar-refractivity contribution is 14.0. The molecule has 8 heteroatoms. The van der Waals surface area contributed by atoms with Gasteiger partial charge in [0.15, 0.2) is 5.96 Å².